The number of hydrogen-bond acceptors (Lipinski definition) is 4. The van der Waals surface area contributed by atoms with Crippen molar-refractivity contribution in [1.82, 2.24) is 0 Å². The number of benzene rings is 2. The van der Waals surface area contributed by atoms with Crippen molar-refractivity contribution in [2.75, 3.05) is 6.79 Å². The predicted molar refractivity (Wildman–Crippen MR) is 69.5 cm³/mol. The van der Waals surface area contributed by atoms with E-state index in [9.17, 15) is 0 Å². The summed E-state index contributed by atoms with van der Waals surface area (Å²) in [5.74, 6) is 0.604. The molecule has 0 radical (unpaired) electrons. The molecule has 4 heteroatoms. The van der Waals surface area contributed by atoms with Gasteiger partial charge in [0.15, 0.2) is 6.79 Å². The molecule has 92 valence electrons. The highest BCUT2D eigenvalue weighted by molar-refractivity contribution is 5.43. The van der Waals surface area contributed by atoms with Gasteiger partial charge in [0.25, 0.3) is 0 Å². The monoisotopic (exact) mass is 242 g/mol. The number of ether oxygens (including phenoxy) is 1. The Morgan fingerprint density at radius 2 is 1.39 bits per heavy atom. The van der Waals surface area contributed by atoms with Crippen LogP contribution in [0.25, 0.3) is 0 Å². The minimum absolute atomic E-state index is 0.329. The smallest absolute Gasteiger partial charge is 0.186 e. The van der Waals surface area contributed by atoms with E-state index in [1.165, 1.54) is 5.56 Å². The number of aryl methyl sites for hydroxylation is 1. The van der Waals surface area contributed by atoms with Crippen LogP contribution in [0.2, 0.25) is 0 Å². The third-order valence-electron chi connectivity index (χ3n) is 2.38. The molecule has 0 aliphatic rings. The fraction of sp³-hybridized carbons (Fsp3) is 0.143. The van der Waals surface area contributed by atoms with Gasteiger partial charge in [-0.1, -0.05) is 17.7 Å². The normalized spacial score (nSPS) is 10.8. The second kappa shape index (κ2) is 5.93. The largest absolute Gasteiger partial charge is 0.468 e. The van der Waals surface area contributed by atoms with Crippen LogP contribution in [0.15, 0.2) is 58.8 Å². The van der Waals surface area contributed by atoms with Gasteiger partial charge in [-0.3, -0.25) is 0 Å². The van der Waals surface area contributed by atoms with Gasteiger partial charge in [0.1, 0.15) is 5.75 Å². The first-order chi connectivity index (χ1) is 8.78. The first-order valence-corrected chi connectivity index (χ1v) is 5.60. The van der Waals surface area contributed by atoms with Gasteiger partial charge in [-0.2, -0.15) is 10.2 Å². The second-order valence-corrected chi connectivity index (χ2v) is 3.80. The zero-order valence-corrected chi connectivity index (χ0v) is 10.1. The number of azo groups is 1. The Bertz CT molecular complexity index is 518. The standard InChI is InChI=1S/C14H14N2O2/c1-11-2-4-12(5-3-11)15-16-13-6-8-14(9-7-13)18-10-17/h2-9,17H,10H2,1H3/b16-15+. The highest BCUT2D eigenvalue weighted by Crippen LogP contribution is 2.21. The third-order valence-corrected chi connectivity index (χ3v) is 2.38. The van der Waals surface area contributed by atoms with Crippen molar-refractivity contribution in [3.8, 4) is 5.75 Å². The summed E-state index contributed by atoms with van der Waals surface area (Å²) in [6, 6.07) is 14.9. The van der Waals surface area contributed by atoms with Crippen LogP contribution in [-0.2, 0) is 0 Å². The molecule has 0 aliphatic heterocycles. The molecule has 0 fully saturated rings. The zero-order chi connectivity index (χ0) is 12.8. The van der Waals surface area contributed by atoms with Crippen LogP contribution in [-0.4, -0.2) is 11.9 Å². The maximum atomic E-state index is 8.60. The van der Waals surface area contributed by atoms with Crippen molar-refractivity contribution < 1.29 is 9.84 Å². The van der Waals surface area contributed by atoms with Crippen LogP contribution in [0.4, 0.5) is 11.4 Å². The first kappa shape index (κ1) is 12.3. The van der Waals surface area contributed by atoms with Gasteiger partial charge in [0.05, 0.1) is 11.4 Å². The summed E-state index contributed by atoms with van der Waals surface area (Å²) in [5, 5.41) is 16.8. The van der Waals surface area contributed by atoms with E-state index in [2.05, 4.69) is 10.2 Å². The number of rotatable bonds is 4. The molecule has 0 heterocycles. The Kier molecular flexibility index (Phi) is 4.04. The molecule has 0 saturated carbocycles. The molecule has 0 amide bonds. The van der Waals surface area contributed by atoms with Crippen molar-refractivity contribution in [2.45, 2.75) is 6.92 Å². The molecule has 2 rings (SSSR count). The summed E-state index contributed by atoms with van der Waals surface area (Å²) in [6.07, 6.45) is 0. The topological polar surface area (TPSA) is 54.2 Å². The fourth-order valence-corrected chi connectivity index (χ4v) is 1.41. The molecule has 0 bridgehead atoms. The summed E-state index contributed by atoms with van der Waals surface area (Å²) in [4.78, 5) is 0. The summed E-state index contributed by atoms with van der Waals surface area (Å²) < 4.78 is 4.92. The molecule has 2 aromatic carbocycles. The highest BCUT2D eigenvalue weighted by atomic mass is 16.6. The molecule has 0 saturated heterocycles. The van der Waals surface area contributed by atoms with E-state index in [0.717, 1.165) is 11.4 Å². The Morgan fingerprint density at radius 1 is 0.889 bits per heavy atom. The Hall–Kier alpha value is -2.20. The van der Waals surface area contributed by atoms with Crippen LogP contribution in [0.5, 0.6) is 5.75 Å². The van der Waals surface area contributed by atoms with E-state index >= 15 is 0 Å². The minimum atomic E-state index is -0.329. The molecule has 18 heavy (non-hydrogen) atoms. The van der Waals surface area contributed by atoms with Gasteiger partial charge in [0, 0.05) is 0 Å². The molecule has 0 aromatic heterocycles. The second-order valence-electron chi connectivity index (χ2n) is 3.80. The number of hydrogen-bond donors (Lipinski definition) is 1. The SMILES string of the molecule is Cc1ccc(/N=N/c2ccc(OCO)cc2)cc1. The summed E-state index contributed by atoms with van der Waals surface area (Å²) in [5.41, 5.74) is 2.75. The van der Waals surface area contributed by atoms with Gasteiger partial charge < -0.3 is 9.84 Å². The third kappa shape index (κ3) is 3.40. The van der Waals surface area contributed by atoms with Gasteiger partial charge in [-0.25, -0.2) is 0 Å². The Labute approximate surface area is 106 Å². The highest BCUT2D eigenvalue weighted by Gasteiger charge is 1.94. The molecule has 0 spiro atoms. The zero-order valence-electron chi connectivity index (χ0n) is 10.1. The lowest BCUT2D eigenvalue weighted by molar-refractivity contribution is 0.0985. The van der Waals surface area contributed by atoms with E-state index in [4.69, 9.17) is 9.84 Å². The molecule has 0 aliphatic carbocycles. The fourth-order valence-electron chi connectivity index (χ4n) is 1.41. The van der Waals surface area contributed by atoms with Crippen LogP contribution >= 0.6 is 0 Å². The minimum Gasteiger partial charge on any atom is -0.468 e. The lowest BCUT2D eigenvalue weighted by Gasteiger charge is -2.00. The van der Waals surface area contributed by atoms with Crippen molar-refractivity contribution in [1.29, 1.82) is 0 Å². The molecule has 0 unspecified atom stereocenters. The van der Waals surface area contributed by atoms with E-state index in [1.807, 2.05) is 31.2 Å². The molecule has 2 aromatic rings. The maximum Gasteiger partial charge on any atom is 0.186 e. The lowest BCUT2D eigenvalue weighted by atomic mass is 10.2. The Balaban J connectivity index is 2.06. The molecule has 4 nitrogen and oxygen atoms in total. The van der Waals surface area contributed by atoms with Gasteiger partial charge in [-0.15, -0.1) is 0 Å². The van der Waals surface area contributed by atoms with Crippen molar-refractivity contribution >= 4 is 11.4 Å². The van der Waals surface area contributed by atoms with Crippen LogP contribution in [0, 0.1) is 6.92 Å². The van der Waals surface area contributed by atoms with Crippen LogP contribution in [0.3, 0.4) is 0 Å². The lowest BCUT2D eigenvalue weighted by Crippen LogP contribution is -1.93. The van der Waals surface area contributed by atoms with Crippen molar-refractivity contribution in [3.05, 3.63) is 54.1 Å². The number of aliphatic hydroxyl groups is 1. The first-order valence-electron chi connectivity index (χ1n) is 5.60. The molecular weight excluding hydrogens is 228 g/mol. The van der Waals surface area contributed by atoms with Crippen molar-refractivity contribution in [2.24, 2.45) is 10.2 Å². The Morgan fingerprint density at radius 3 is 1.89 bits per heavy atom. The average Bonchev–Trinajstić information content (AvgIpc) is 2.40. The van der Waals surface area contributed by atoms with Crippen LogP contribution < -0.4 is 4.74 Å². The maximum absolute atomic E-state index is 8.60. The summed E-state index contributed by atoms with van der Waals surface area (Å²) in [7, 11) is 0. The van der Waals surface area contributed by atoms with Gasteiger partial charge in [-0.05, 0) is 43.3 Å². The number of nitrogens with zero attached hydrogens (tertiary/aromatic N) is 2. The summed E-state index contributed by atoms with van der Waals surface area (Å²) in [6.45, 7) is 1.70. The van der Waals surface area contributed by atoms with Crippen LogP contribution in [0.1, 0.15) is 5.56 Å². The average molecular weight is 242 g/mol. The quantitative estimate of drug-likeness (QED) is 0.656. The van der Waals surface area contributed by atoms with Gasteiger partial charge >= 0.3 is 0 Å². The van der Waals surface area contributed by atoms with Gasteiger partial charge in [0.2, 0.25) is 0 Å². The summed E-state index contributed by atoms with van der Waals surface area (Å²) >= 11 is 0. The molecule has 0 atom stereocenters. The van der Waals surface area contributed by atoms with E-state index in [0.29, 0.717) is 5.75 Å². The molecular formula is C14H14N2O2. The number of aliphatic hydroxyl groups excluding tert-OH is 1. The van der Waals surface area contributed by atoms with E-state index in [-0.39, 0.29) is 6.79 Å². The van der Waals surface area contributed by atoms with E-state index < -0.39 is 0 Å². The van der Waals surface area contributed by atoms with E-state index in [1.54, 1.807) is 24.3 Å². The van der Waals surface area contributed by atoms with Crippen molar-refractivity contribution in [3.63, 3.8) is 0 Å². The predicted octanol–water partition coefficient (Wildman–Crippen LogP) is 3.74. The molecule has 1 N–H and O–H groups in total.